The molecule has 1 saturated carbocycles. The number of benzene rings is 1. The Hall–Kier alpha value is -4.44. The number of aliphatic hydroxyl groups is 2. The van der Waals surface area contributed by atoms with Crippen LogP contribution < -0.4 is 15.8 Å². The zero-order chi connectivity index (χ0) is 28.2. The first-order valence-corrected chi connectivity index (χ1v) is 12.9. The summed E-state index contributed by atoms with van der Waals surface area (Å²) < 4.78 is 28.0. The summed E-state index contributed by atoms with van der Waals surface area (Å²) in [6.07, 6.45) is 3.26. The van der Waals surface area contributed by atoms with Gasteiger partial charge in [0, 0.05) is 18.1 Å². The second-order valence-corrected chi connectivity index (χ2v) is 9.76. The van der Waals surface area contributed by atoms with Gasteiger partial charge in [-0.05, 0) is 41.8 Å². The van der Waals surface area contributed by atoms with Gasteiger partial charge >= 0.3 is 10.3 Å². The van der Waals surface area contributed by atoms with Crippen LogP contribution in [0.4, 0.5) is 11.5 Å². The van der Waals surface area contributed by atoms with Gasteiger partial charge in [0.05, 0.1) is 18.2 Å². The van der Waals surface area contributed by atoms with Crippen LogP contribution in [0.3, 0.4) is 0 Å². The maximum Gasteiger partial charge on any atom is 0.379 e. The van der Waals surface area contributed by atoms with Crippen LogP contribution in [0.25, 0.3) is 0 Å². The second kappa shape index (κ2) is 11.5. The van der Waals surface area contributed by atoms with Gasteiger partial charge in [0.15, 0.2) is 0 Å². The lowest BCUT2D eigenvalue weighted by molar-refractivity contribution is -0.111. The predicted molar refractivity (Wildman–Crippen MR) is 138 cm³/mol. The fraction of sp³-hybridized carbons (Fsp3) is 0.208. The molecule has 2 aromatic heterocycles. The van der Waals surface area contributed by atoms with Crippen LogP contribution in [0.15, 0.2) is 73.5 Å². The van der Waals surface area contributed by atoms with Gasteiger partial charge in [-0.1, -0.05) is 18.7 Å². The minimum absolute atomic E-state index is 0.0174. The number of carbonyl (C=O) groups is 2. The van der Waals surface area contributed by atoms with Gasteiger partial charge in [-0.25, -0.2) is 9.97 Å². The summed E-state index contributed by atoms with van der Waals surface area (Å²) in [5, 5.41) is 35.4. The Morgan fingerprint density at radius 1 is 1.28 bits per heavy atom. The molecule has 3 unspecified atom stereocenters. The van der Waals surface area contributed by atoms with Gasteiger partial charge < -0.3 is 25.0 Å². The molecule has 0 aliphatic heterocycles. The van der Waals surface area contributed by atoms with Gasteiger partial charge in [0.1, 0.15) is 36.3 Å². The number of nitrogens with one attached hydrogen (secondary N) is 2. The van der Waals surface area contributed by atoms with Crippen molar-refractivity contribution in [1.82, 2.24) is 19.7 Å². The molecule has 204 valence electrons. The Morgan fingerprint density at radius 2 is 2.08 bits per heavy atom. The molecule has 0 radical (unpaired) electrons. The molecule has 2 heterocycles. The third kappa shape index (κ3) is 6.91. The van der Waals surface area contributed by atoms with Crippen molar-refractivity contribution in [1.29, 1.82) is 0 Å². The molecule has 15 heteroatoms. The molecule has 3 aromatic rings. The molecule has 0 saturated heterocycles. The molecule has 4 rings (SSSR count). The molecular weight excluding hydrogens is 530 g/mol. The highest BCUT2D eigenvalue weighted by Crippen LogP contribution is 2.29. The van der Waals surface area contributed by atoms with Crippen LogP contribution >= 0.6 is 0 Å². The Labute approximate surface area is 223 Å². The zero-order valence-corrected chi connectivity index (χ0v) is 21.2. The van der Waals surface area contributed by atoms with Crippen molar-refractivity contribution in [3.8, 4) is 0 Å². The van der Waals surface area contributed by atoms with Gasteiger partial charge in [0.2, 0.25) is 11.7 Å². The molecule has 0 spiro atoms. The third-order valence-corrected chi connectivity index (χ3v) is 6.15. The summed E-state index contributed by atoms with van der Waals surface area (Å²) in [6, 6.07) is 7.83. The fourth-order valence-corrected chi connectivity index (χ4v) is 4.20. The molecule has 1 aromatic carbocycles. The van der Waals surface area contributed by atoms with E-state index in [1.807, 2.05) is 6.07 Å². The van der Waals surface area contributed by atoms with E-state index in [1.54, 1.807) is 29.1 Å². The molecule has 0 bridgehead atoms. The molecule has 39 heavy (non-hydrogen) atoms. The molecule has 3 atom stereocenters. The summed E-state index contributed by atoms with van der Waals surface area (Å²) in [4.78, 5) is 32.8. The minimum atomic E-state index is -4.29. The number of rotatable bonds is 10. The first-order valence-electron chi connectivity index (χ1n) is 11.5. The van der Waals surface area contributed by atoms with E-state index in [9.17, 15) is 28.2 Å². The van der Waals surface area contributed by atoms with Crippen molar-refractivity contribution in [2.45, 2.75) is 31.2 Å². The van der Waals surface area contributed by atoms with Crippen molar-refractivity contribution in [2.75, 3.05) is 10.6 Å². The van der Waals surface area contributed by atoms with Crippen LogP contribution in [0.1, 0.15) is 28.0 Å². The Bertz CT molecular complexity index is 1540. The maximum absolute atomic E-state index is 13.3. The molecular formula is C24H25N7O7S. The lowest BCUT2D eigenvalue weighted by Crippen LogP contribution is -2.35. The zero-order valence-electron chi connectivity index (χ0n) is 20.3. The summed E-state index contributed by atoms with van der Waals surface area (Å²) in [5.74, 6) is -0.748. The van der Waals surface area contributed by atoms with E-state index in [0.29, 0.717) is 12.2 Å². The molecule has 6 N–H and O–H groups in total. The van der Waals surface area contributed by atoms with E-state index in [-0.39, 0.29) is 35.0 Å². The Balaban J connectivity index is 1.48. The molecule has 14 nitrogen and oxygen atoms in total. The van der Waals surface area contributed by atoms with Crippen LogP contribution in [-0.4, -0.2) is 68.3 Å². The number of nitrogens with zero attached hydrogens (tertiary/aromatic N) is 4. The molecule has 1 amide bonds. The van der Waals surface area contributed by atoms with E-state index < -0.39 is 34.3 Å². The Morgan fingerprint density at radius 3 is 2.82 bits per heavy atom. The second-order valence-electron chi connectivity index (χ2n) is 8.58. The highest BCUT2D eigenvalue weighted by atomic mass is 32.2. The van der Waals surface area contributed by atoms with E-state index >= 15 is 0 Å². The number of anilines is 2. The normalized spacial score (nSPS) is 20.0. The molecule has 1 fully saturated rings. The minimum Gasteiger partial charge on any atom is -0.388 e. The number of hydrogen-bond donors (Lipinski definition) is 5. The number of amides is 1. The lowest BCUT2D eigenvalue weighted by atomic mass is 10.1. The third-order valence-electron chi connectivity index (χ3n) is 5.78. The average Bonchev–Trinajstić information content (AvgIpc) is 3.47. The fourth-order valence-electron chi connectivity index (χ4n) is 3.94. The number of aromatic nitrogens is 4. The van der Waals surface area contributed by atoms with Crippen molar-refractivity contribution < 1.29 is 32.4 Å². The van der Waals surface area contributed by atoms with E-state index in [2.05, 4.69) is 36.5 Å². The summed E-state index contributed by atoms with van der Waals surface area (Å²) >= 11 is 0. The van der Waals surface area contributed by atoms with Gasteiger partial charge in [-0.3, -0.25) is 14.3 Å². The topological polar surface area (TPSA) is 212 Å². The number of nitrogens with two attached hydrogens (primary N) is 1. The summed E-state index contributed by atoms with van der Waals surface area (Å²) in [7, 11) is -4.29. The molecule has 1 aliphatic carbocycles. The largest absolute Gasteiger partial charge is 0.388 e. The van der Waals surface area contributed by atoms with Crippen molar-refractivity contribution >= 4 is 33.5 Å². The van der Waals surface area contributed by atoms with Crippen LogP contribution in [0.2, 0.25) is 0 Å². The maximum atomic E-state index is 13.3. The standard InChI is InChI=1S/C24H25N7O7S/c1-2-20(32)28-16-5-3-4-14(8-16)11-31-7-6-18(30-31)22(34)17-10-26-13-27-24(17)29-19-9-15(21(33)23(19)35)12-38-39(25,36)37/h2-8,10,12-13,19,21,23,33,35H,1,9,11H2,(H,28,32)(H2,25,36,37)(H,26,27,29). The highest BCUT2D eigenvalue weighted by molar-refractivity contribution is 7.84. The average molecular weight is 556 g/mol. The smallest absolute Gasteiger partial charge is 0.379 e. The van der Waals surface area contributed by atoms with Crippen LogP contribution in [-0.2, 0) is 25.8 Å². The SMILES string of the molecule is C=CC(=O)Nc1cccc(Cn2ccc(C(=O)c3cncnc3NC3CC(=COS(N)(=O)=O)C(O)C3O)n2)c1. The molecule has 1 aliphatic rings. The van der Waals surface area contributed by atoms with Gasteiger partial charge in [-0.15, -0.1) is 0 Å². The predicted octanol–water partition coefficient (Wildman–Crippen LogP) is 0.0869. The van der Waals surface area contributed by atoms with Crippen LogP contribution in [0, 0.1) is 0 Å². The number of ketones is 1. The van der Waals surface area contributed by atoms with E-state index in [4.69, 9.17) is 5.14 Å². The number of carbonyl (C=O) groups excluding carboxylic acids is 2. The first kappa shape index (κ1) is 27.6. The van der Waals surface area contributed by atoms with Crippen molar-refractivity contribution in [2.24, 2.45) is 5.14 Å². The van der Waals surface area contributed by atoms with E-state index in [0.717, 1.165) is 11.8 Å². The van der Waals surface area contributed by atoms with Gasteiger partial charge in [-0.2, -0.15) is 18.7 Å². The van der Waals surface area contributed by atoms with Crippen molar-refractivity contribution in [3.05, 3.63) is 90.4 Å². The highest BCUT2D eigenvalue weighted by Gasteiger charge is 2.39. The summed E-state index contributed by atoms with van der Waals surface area (Å²) in [5.41, 5.74) is 1.68. The first-order chi connectivity index (χ1) is 18.5. The quantitative estimate of drug-likeness (QED) is 0.128. The van der Waals surface area contributed by atoms with Gasteiger partial charge in [0.25, 0.3) is 0 Å². The van der Waals surface area contributed by atoms with Crippen molar-refractivity contribution in [3.63, 3.8) is 0 Å². The monoisotopic (exact) mass is 555 g/mol. The summed E-state index contributed by atoms with van der Waals surface area (Å²) in [6.45, 7) is 3.75. The number of aliphatic hydroxyl groups excluding tert-OH is 2. The number of hydrogen-bond acceptors (Lipinski definition) is 11. The lowest BCUT2D eigenvalue weighted by Gasteiger charge is -2.19. The Kier molecular flexibility index (Phi) is 8.15. The van der Waals surface area contributed by atoms with E-state index in [1.165, 1.54) is 24.7 Å². The van der Waals surface area contributed by atoms with Crippen LogP contribution in [0.5, 0.6) is 0 Å².